The average Bonchev–Trinajstić information content (AvgIpc) is 2.41. The maximum Gasteiger partial charge on any atom is 0.250 e. The minimum atomic E-state index is -0.499. The Bertz CT molecular complexity index is 490. The highest BCUT2D eigenvalue weighted by Crippen LogP contribution is 2.18. The van der Waals surface area contributed by atoms with Crippen molar-refractivity contribution < 1.29 is 4.79 Å². The molecule has 2 rings (SSSR count). The number of hydrogen-bond acceptors (Lipinski definition) is 5. The van der Waals surface area contributed by atoms with Crippen molar-refractivity contribution in [1.29, 1.82) is 0 Å². The second-order valence-corrected chi connectivity index (χ2v) is 5.44. The van der Waals surface area contributed by atoms with Crippen LogP contribution in [-0.2, 0) is 0 Å². The van der Waals surface area contributed by atoms with E-state index in [9.17, 15) is 4.79 Å². The summed E-state index contributed by atoms with van der Waals surface area (Å²) < 4.78 is 0. The number of likely N-dealkylation sites (N-methyl/N-ethyl adjacent to an activating group) is 2. The van der Waals surface area contributed by atoms with Crippen LogP contribution in [0.15, 0.2) is 18.2 Å². The van der Waals surface area contributed by atoms with Crippen LogP contribution in [0.1, 0.15) is 10.4 Å². The Balaban J connectivity index is 2.00. The first-order chi connectivity index (χ1) is 9.47. The van der Waals surface area contributed by atoms with Crippen molar-refractivity contribution in [3.8, 4) is 0 Å². The van der Waals surface area contributed by atoms with Gasteiger partial charge in [-0.2, -0.15) is 0 Å². The molecule has 0 radical (unpaired) electrons. The zero-order valence-corrected chi connectivity index (χ0v) is 12.1. The molecule has 1 aliphatic heterocycles. The fraction of sp³-hybridized carbons (Fsp3) is 0.500. The van der Waals surface area contributed by atoms with E-state index in [2.05, 4.69) is 29.2 Å². The highest BCUT2D eigenvalue weighted by atomic mass is 16.1. The lowest BCUT2D eigenvalue weighted by Gasteiger charge is -2.37. The number of amides is 1. The standard InChI is InChI=1S/C14H23N5O/c1-18-5-6-19(2)11(9-18)8-17-10-3-4-13(15)12(7-10)14(16)20/h3-4,7,11,17H,5-6,8-9,15H2,1-2H3,(H2,16,20). The summed E-state index contributed by atoms with van der Waals surface area (Å²) in [5.74, 6) is -0.499. The molecule has 110 valence electrons. The maximum atomic E-state index is 11.3. The van der Waals surface area contributed by atoms with E-state index < -0.39 is 5.91 Å². The normalized spacial score (nSPS) is 20.8. The largest absolute Gasteiger partial charge is 0.398 e. The molecule has 6 nitrogen and oxygen atoms in total. The third-order valence-corrected chi connectivity index (χ3v) is 3.84. The van der Waals surface area contributed by atoms with Gasteiger partial charge < -0.3 is 21.7 Å². The van der Waals surface area contributed by atoms with Crippen molar-refractivity contribution in [1.82, 2.24) is 9.80 Å². The summed E-state index contributed by atoms with van der Waals surface area (Å²) in [6, 6.07) is 5.74. The molecule has 0 aliphatic carbocycles. The van der Waals surface area contributed by atoms with Crippen molar-refractivity contribution in [2.24, 2.45) is 5.73 Å². The Morgan fingerprint density at radius 2 is 2.15 bits per heavy atom. The summed E-state index contributed by atoms with van der Waals surface area (Å²) in [6.45, 7) is 4.02. The van der Waals surface area contributed by atoms with E-state index in [1.54, 1.807) is 12.1 Å². The van der Waals surface area contributed by atoms with Gasteiger partial charge in [0, 0.05) is 43.6 Å². The quantitative estimate of drug-likeness (QED) is 0.676. The fourth-order valence-corrected chi connectivity index (χ4v) is 2.44. The zero-order chi connectivity index (χ0) is 14.7. The van der Waals surface area contributed by atoms with Crippen molar-refractivity contribution in [3.63, 3.8) is 0 Å². The van der Waals surface area contributed by atoms with E-state index in [1.807, 2.05) is 6.07 Å². The van der Waals surface area contributed by atoms with E-state index in [1.165, 1.54) is 0 Å². The summed E-state index contributed by atoms with van der Waals surface area (Å²) in [4.78, 5) is 15.9. The van der Waals surface area contributed by atoms with Crippen LogP contribution in [-0.4, -0.2) is 62.0 Å². The van der Waals surface area contributed by atoms with Crippen molar-refractivity contribution in [2.75, 3.05) is 51.3 Å². The number of nitrogens with two attached hydrogens (primary N) is 2. The zero-order valence-electron chi connectivity index (χ0n) is 12.1. The van der Waals surface area contributed by atoms with Crippen molar-refractivity contribution in [2.45, 2.75) is 6.04 Å². The van der Waals surface area contributed by atoms with Gasteiger partial charge in [-0.15, -0.1) is 0 Å². The number of carbonyl (C=O) groups excluding carboxylic acids is 1. The van der Waals surface area contributed by atoms with Gasteiger partial charge in [0.25, 0.3) is 5.91 Å². The molecule has 1 heterocycles. The first-order valence-electron chi connectivity index (χ1n) is 6.79. The Morgan fingerprint density at radius 3 is 2.85 bits per heavy atom. The molecule has 1 amide bonds. The summed E-state index contributed by atoms with van der Waals surface area (Å²) >= 11 is 0. The minimum Gasteiger partial charge on any atom is -0.398 e. The van der Waals surface area contributed by atoms with Crippen LogP contribution in [0.5, 0.6) is 0 Å². The lowest BCUT2D eigenvalue weighted by Crippen LogP contribution is -2.52. The molecule has 0 bridgehead atoms. The molecular formula is C14H23N5O. The second kappa shape index (κ2) is 6.11. The van der Waals surface area contributed by atoms with Gasteiger partial charge >= 0.3 is 0 Å². The number of rotatable bonds is 4. The molecule has 0 spiro atoms. The van der Waals surface area contributed by atoms with Gasteiger partial charge in [0.2, 0.25) is 0 Å². The highest BCUT2D eigenvalue weighted by Gasteiger charge is 2.21. The number of hydrogen-bond donors (Lipinski definition) is 3. The van der Waals surface area contributed by atoms with Crippen molar-refractivity contribution in [3.05, 3.63) is 23.8 Å². The fourth-order valence-electron chi connectivity index (χ4n) is 2.44. The third-order valence-electron chi connectivity index (χ3n) is 3.84. The first kappa shape index (κ1) is 14.6. The van der Waals surface area contributed by atoms with Crippen LogP contribution >= 0.6 is 0 Å². The lowest BCUT2D eigenvalue weighted by atomic mass is 10.1. The molecular weight excluding hydrogens is 254 g/mol. The number of carbonyl (C=O) groups is 1. The Labute approximate surface area is 119 Å². The summed E-state index contributed by atoms with van der Waals surface area (Å²) in [5.41, 5.74) is 12.7. The molecule has 0 saturated carbocycles. The van der Waals surface area contributed by atoms with Gasteiger partial charge in [-0.05, 0) is 32.3 Å². The first-order valence-corrected chi connectivity index (χ1v) is 6.79. The molecule has 1 aliphatic rings. The van der Waals surface area contributed by atoms with Crippen LogP contribution in [0.4, 0.5) is 11.4 Å². The van der Waals surface area contributed by atoms with E-state index >= 15 is 0 Å². The Kier molecular flexibility index (Phi) is 4.46. The van der Waals surface area contributed by atoms with Crippen molar-refractivity contribution >= 4 is 17.3 Å². The lowest BCUT2D eigenvalue weighted by molar-refractivity contribution is 0.100. The molecule has 1 aromatic rings. The van der Waals surface area contributed by atoms with Gasteiger partial charge in [0.15, 0.2) is 0 Å². The number of nitrogens with one attached hydrogen (secondary N) is 1. The summed E-state index contributed by atoms with van der Waals surface area (Å²) in [5, 5.41) is 3.36. The average molecular weight is 277 g/mol. The summed E-state index contributed by atoms with van der Waals surface area (Å²) in [7, 11) is 4.27. The number of benzene rings is 1. The molecule has 1 unspecified atom stereocenters. The SMILES string of the molecule is CN1CCN(C)C(CNc2ccc(N)c(C(N)=O)c2)C1. The Morgan fingerprint density at radius 1 is 1.40 bits per heavy atom. The third kappa shape index (κ3) is 3.40. The second-order valence-electron chi connectivity index (χ2n) is 5.44. The van der Waals surface area contributed by atoms with Gasteiger partial charge in [0.05, 0.1) is 5.56 Å². The van der Waals surface area contributed by atoms with E-state index in [0.29, 0.717) is 17.3 Å². The van der Waals surface area contributed by atoms with Crippen LogP contribution in [0.25, 0.3) is 0 Å². The molecule has 0 aromatic heterocycles. The number of nitrogens with zero attached hydrogens (tertiary/aromatic N) is 2. The van der Waals surface area contributed by atoms with E-state index in [0.717, 1.165) is 31.9 Å². The van der Waals surface area contributed by atoms with E-state index in [-0.39, 0.29) is 0 Å². The number of primary amides is 1. The minimum absolute atomic E-state index is 0.365. The Hall–Kier alpha value is -1.79. The molecule has 1 saturated heterocycles. The number of anilines is 2. The van der Waals surface area contributed by atoms with Gasteiger partial charge in [-0.3, -0.25) is 9.69 Å². The predicted octanol–water partition coefficient (Wildman–Crippen LogP) is 0.0254. The van der Waals surface area contributed by atoms with Gasteiger partial charge in [-0.1, -0.05) is 0 Å². The molecule has 5 N–H and O–H groups in total. The molecule has 20 heavy (non-hydrogen) atoms. The molecule has 1 atom stereocenters. The topological polar surface area (TPSA) is 87.6 Å². The predicted molar refractivity (Wildman–Crippen MR) is 81.8 cm³/mol. The monoisotopic (exact) mass is 277 g/mol. The maximum absolute atomic E-state index is 11.3. The van der Waals surface area contributed by atoms with Crippen LogP contribution < -0.4 is 16.8 Å². The molecule has 1 aromatic carbocycles. The van der Waals surface area contributed by atoms with Gasteiger partial charge in [0.1, 0.15) is 0 Å². The molecule has 1 fully saturated rings. The summed E-state index contributed by atoms with van der Waals surface area (Å²) in [6.07, 6.45) is 0. The van der Waals surface area contributed by atoms with Crippen LogP contribution in [0, 0.1) is 0 Å². The van der Waals surface area contributed by atoms with Crippen LogP contribution in [0.2, 0.25) is 0 Å². The van der Waals surface area contributed by atoms with Crippen LogP contribution in [0.3, 0.4) is 0 Å². The molecule has 6 heteroatoms. The van der Waals surface area contributed by atoms with E-state index in [4.69, 9.17) is 11.5 Å². The highest BCUT2D eigenvalue weighted by molar-refractivity contribution is 5.98. The number of piperazine rings is 1. The van der Waals surface area contributed by atoms with Gasteiger partial charge in [-0.25, -0.2) is 0 Å². The smallest absolute Gasteiger partial charge is 0.250 e. The number of nitrogen functional groups attached to an aromatic ring is 1.